The van der Waals surface area contributed by atoms with E-state index in [1.54, 1.807) is 0 Å². The zero-order valence-electron chi connectivity index (χ0n) is 13.9. The molecular formula is C19H15F3N2O3. The number of anilines is 1. The Labute approximate surface area is 152 Å². The summed E-state index contributed by atoms with van der Waals surface area (Å²) in [6.07, 6.45) is -4.19. The van der Waals surface area contributed by atoms with Crippen LogP contribution in [-0.2, 0) is 22.2 Å². The van der Waals surface area contributed by atoms with Gasteiger partial charge in [0.15, 0.2) is 0 Å². The Morgan fingerprint density at radius 1 is 1.07 bits per heavy atom. The molecule has 0 saturated heterocycles. The molecule has 1 aliphatic heterocycles. The van der Waals surface area contributed by atoms with E-state index in [1.165, 1.54) is 0 Å². The summed E-state index contributed by atoms with van der Waals surface area (Å²) in [6.45, 7) is 0. The van der Waals surface area contributed by atoms with Crippen LogP contribution in [0.15, 0.2) is 65.9 Å². The molecular weight excluding hydrogens is 361 g/mol. The van der Waals surface area contributed by atoms with Crippen molar-refractivity contribution in [3.8, 4) is 0 Å². The molecule has 0 fully saturated rings. The molecule has 3 rings (SSSR count). The van der Waals surface area contributed by atoms with Crippen LogP contribution >= 0.6 is 0 Å². The van der Waals surface area contributed by atoms with Crippen molar-refractivity contribution < 1.29 is 27.9 Å². The molecule has 1 aliphatic rings. The maximum absolute atomic E-state index is 12.6. The molecule has 0 spiro atoms. The van der Waals surface area contributed by atoms with Gasteiger partial charge in [-0.25, -0.2) is 0 Å². The van der Waals surface area contributed by atoms with E-state index in [-0.39, 0.29) is 5.69 Å². The zero-order valence-corrected chi connectivity index (χ0v) is 13.9. The molecule has 0 radical (unpaired) electrons. The highest BCUT2D eigenvalue weighted by atomic mass is 19.4. The van der Waals surface area contributed by atoms with Gasteiger partial charge >= 0.3 is 6.18 Å². The number of aliphatic hydroxyl groups is 1. The van der Waals surface area contributed by atoms with E-state index in [2.05, 4.69) is 10.6 Å². The van der Waals surface area contributed by atoms with E-state index < -0.39 is 40.9 Å². The normalized spacial score (nSPS) is 17.0. The number of halogens is 3. The minimum Gasteiger partial charge on any atom is -0.509 e. The maximum Gasteiger partial charge on any atom is 0.416 e. The minimum absolute atomic E-state index is 0.0765. The van der Waals surface area contributed by atoms with Gasteiger partial charge in [0, 0.05) is 5.69 Å². The molecule has 2 amide bonds. The highest BCUT2D eigenvalue weighted by Gasteiger charge is 2.36. The third-order valence-corrected chi connectivity index (χ3v) is 4.10. The van der Waals surface area contributed by atoms with E-state index in [0.29, 0.717) is 6.42 Å². The minimum atomic E-state index is -4.49. The third-order valence-electron chi connectivity index (χ3n) is 4.10. The molecule has 0 aromatic heterocycles. The van der Waals surface area contributed by atoms with Crippen LogP contribution < -0.4 is 10.6 Å². The molecule has 1 atom stereocenters. The summed E-state index contributed by atoms with van der Waals surface area (Å²) in [5, 5.41) is 15.1. The first kappa shape index (κ1) is 18.5. The van der Waals surface area contributed by atoms with Gasteiger partial charge in [0.05, 0.1) is 11.6 Å². The first-order valence-corrected chi connectivity index (χ1v) is 8.02. The quantitative estimate of drug-likeness (QED) is 0.717. The Balaban J connectivity index is 1.74. The van der Waals surface area contributed by atoms with Crippen molar-refractivity contribution in [1.82, 2.24) is 5.32 Å². The maximum atomic E-state index is 12.6. The van der Waals surface area contributed by atoms with Gasteiger partial charge in [-0.3, -0.25) is 9.59 Å². The summed E-state index contributed by atoms with van der Waals surface area (Å²) in [5.74, 6) is -2.02. The van der Waals surface area contributed by atoms with Crippen LogP contribution in [0.5, 0.6) is 0 Å². The van der Waals surface area contributed by atoms with Crippen LogP contribution in [0.2, 0.25) is 0 Å². The number of hydrogen-bond acceptors (Lipinski definition) is 3. The van der Waals surface area contributed by atoms with Gasteiger partial charge in [0.2, 0.25) is 0 Å². The van der Waals surface area contributed by atoms with Crippen molar-refractivity contribution >= 4 is 17.5 Å². The van der Waals surface area contributed by atoms with Gasteiger partial charge in [-0.2, -0.15) is 13.2 Å². The lowest BCUT2D eigenvalue weighted by Crippen LogP contribution is -2.31. The molecule has 27 heavy (non-hydrogen) atoms. The van der Waals surface area contributed by atoms with E-state index >= 15 is 0 Å². The monoisotopic (exact) mass is 376 g/mol. The molecule has 0 bridgehead atoms. The Bertz CT molecular complexity index is 891. The topological polar surface area (TPSA) is 78.4 Å². The molecule has 140 valence electrons. The fourth-order valence-corrected chi connectivity index (χ4v) is 2.74. The number of hydrogen-bond donors (Lipinski definition) is 3. The van der Waals surface area contributed by atoms with E-state index in [4.69, 9.17) is 0 Å². The average Bonchev–Trinajstić information content (AvgIpc) is 2.89. The van der Waals surface area contributed by atoms with Gasteiger partial charge in [-0.05, 0) is 36.2 Å². The average molecular weight is 376 g/mol. The van der Waals surface area contributed by atoms with Gasteiger partial charge in [-0.1, -0.05) is 30.3 Å². The molecule has 8 heteroatoms. The highest BCUT2D eigenvalue weighted by molar-refractivity contribution is 6.24. The molecule has 5 nitrogen and oxygen atoms in total. The van der Waals surface area contributed by atoms with Crippen LogP contribution in [0.25, 0.3) is 0 Å². The molecule has 3 N–H and O–H groups in total. The van der Waals surface area contributed by atoms with E-state index in [9.17, 15) is 27.9 Å². The number of carbonyl (C=O) groups is 2. The summed E-state index contributed by atoms with van der Waals surface area (Å²) in [6, 6.07) is 12.1. The summed E-state index contributed by atoms with van der Waals surface area (Å²) >= 11 is 0. The molecule has 0 aliphatic carbocycles. The summed E-state index contributed by atoms with van der Waals surface area (Å²) in [4.78, 5) is 24.4. The lowest BCUT2D eigenvalue weighted by molar-refractivity contribution is -0.137. The first-order chi connectivity index (χ1) is 12.8. The van der Waals surface area contributed by atoms with Crippen LogP contribution in [-0.4, -0.2) is 23.0 Å². The van der Waals surface area contributed by atoms with E-state index in [0.717, 1.165) is 29.8 Å². The Kier molecular flexibility index (Phi) is 4.89. The van der Waals surface area contributed by atoms with Crippen LogP contribution in [0, 0.1) is 0 Å². The van der Waals surface area contributed by atoms with Crippen molar-refractivity contribution in [2.45, 2.75) is 18.6 Å². The Morgan fingerprint density at radius 3 is 2.30 bits per heavy atom. The number of carbonyl (C=O) groups excluding carboxylic acids is 2. The number of amides is 2. The predicted octanol–water partition coefficient (Wildman–Crippen LogP) is 3.20. The number of rotatable bonds is 4. The van der Waals surface area contributed by atoms with Crippen LogP contribution in [0.3, 0.4) is 0 Å². The Hall–Kier alpha value is -3.29. The van der Waals surface area contributed by atoms with Gasteiger partial charge in [0.1, 0.15) is 11.3 Å². The smallest absolute Gasteiger partial charge is 0.416 e. The van der Waals surface area contributed by atoms with Crippen molar-refractivity contribution in [3.05, 3.63) is 77.1 Å². The zero-order chi connectivity index (χ0) is 19.6. The van der Waals surface area contributed by atoms with Gasteiger partial charge in [0.25, 0.3) is 11.8 Å². The predicted molar refractivity (Wildman–Crippen MR) is 91.8 cm³/mol. The largest absolute Gasteiger partial charge is 0.509 e. The van der Waals surface area contributed by atoms with Gasteiger partial charge < -0.3 is 15.7 Å². The lowest BCUT2D eigenvalue weighted by atomic mass is 10.0. The van der Waals surface area contributed by atoms with Crippen molar-refractivity contribution in [1.29, 1.82) is 0 Å². The van der Waals surface area contributed by atoms with Crippen LogP contribution in [0.1, 0.15) is 11.1 Å². The molecule has 1 unspecified atom stereocenters. The number of aliphatic hydroxyl groups excluding tert-OH is 1. The third kappa shape index (κ3) is 4.11. The SMILES string of the molecule is O=C(Nc1ccc(C(F)(F)F)cc1)C1=C(O)C(Cc2ccccc2)NC1=O. The second-order valence-corrected chi connectivity index (χ2v) is 6.01. The molecule has 2 aromatic carbocycles. The number of benzene rings is 2. The van der Waals surface area contributed by atoms with E-state index in [1.807, 2.05) is 30.3 Å². The van der Waals surface area contributed by atoms with Crippen LogP contribution in [0.4, 0.5) is 18.9 Å². The first-order valence-electron chi connectivity index (χ1n) is 8.02. The Morgan fingerprint density at radius 2 is 1.70 bits per heavy atom. The second-order valence-electron chi connectivity index (χ2n) is 6.01. The molecule has 0 saturated carbocycles. The van der Waals surface area contributed by atoms with Crippen molar-refractivity contribution in [2.75, 3.05) is 5.32 Å². The van der Waals surface area contributed by atoms with Crippen molar-refractivity contribution in [2.24, 2.45) is 0 Å². The second kappa shape index (κ2) is 7.14. The fourth-order valence-electron chi connectivity index (χ4n) is 2.74. The summed E-state index contributed by atoms with van der Waals surface area (Å²) in [5.41, 5.74) is -0.369. The number of alkyl halides is 3. The van der Waals surface area contributed by atoms with Gasteiger partial charge in [-0.15, -0.1) is 0 Å². The summed E-state index contributed by atoms with van der Waals surface area (Å²) in [7, 11) is 0. The number of nitrogens with one attached hydrogen (secondary N) is 2. The molecule has 1 heterocycles. The highest BCUT2D eigenvalue weighted by Crippen LogP contribution is 2.30. The van der Waals surface area contributed by atoms with Crippen molar-refractivity contribution in [3.63, 3.8) is 0 Å². The lowest BCUT2D eigenvalue weighted by Gasteiger charge is -2.10. The summed E-state index contributed by atoms with van der Waals surface area (Å²) < 4.78 is 37.7. The fraction of sp³-hybridized carbons (Fsp3) is 0.158. The standard InChI is InChI=1S/C19H15F3N2O3/c20-19(21,22)12-6-8-13(9-7-12)23-17(26)15-16(25)14(24-18(15)27)10-11-4-2-1-3-5-11/h1-9,14,25H,10H2,(H,23,26)(H,24,27). The molecule has 2 aromatic rings.